The molecule has 6 nitrogen and oxygen atoms in total. The average molecular weight is 245 g/mol. The maximum absolute atomic E-state index is 11.5. The van der Waals surface area contributed by atoms with Crippen LogP contribution in [-0.2, 0) is 14.3 Å². The predicted octanol–water partition coefficient (Wildman–Crippen LogP) is 1.14. The summed E-state index contributed by atoms with van der Waals surface area (Å²) in [4.78, 5) is 22.5. The fourth-order valence-corrected chi connectivity index (χ4v) is 1.61. The van der Waals surface area contributed by atoms with Gasteiger partial charge in [0.15, 0.2) is 6.04 Å². The van der Waals surface area contributed by atoms with E-state index in [0.717, 1.165) is 6.42 Å². The number of hydrogen-bond donors (Lipinski definition) is 2. The Kier molecular flexibility index (Phi) is 4.34. The number of carbonyl (C=O) groups excluding carboxylic acids is 1. The lowest BCUT2D eigenvalue weighted by Crippen LogP contribution is -2.49. The second-order valence-corrected chi connectivity index (χ2v) is 5.01. The molecule has 0 aromatic heterocycles. The monoisotopic (exact) mass is 245 g/mol. The molecule has 1 unspecified atom stereocenters. The van der Waals surface area contributed by atoms with Gasteiger partial charge in [-0.05, 0) is 33.6 Å². The molecule has 1 fully saturated rings. The number of carboxylic acids is 1. The SMILES string of the molecule is CC(C)(C)OC(=O)N[C@@H](C(=O)O)C1CCCO1. The normalized spacial score (nSPS) is 21.9. The molecule has 6 heteroatoms. The van der Waals surface area contributed by atoms with Crippen LogP contribution in [0.25, 0.3) is 0 Å². The van der Waals surface area contributed by atoms with Crippen molar-refractivity contribution in [1.82, 2.24) is 5.32 Å². The minimum atomic E-state index is -1.11. The maximum atomic E-state index is 11.5. The first kappa shape index (κ1) is 13.8. The second-order valence-electron chi connectivity index (χ2n) is 5.01. The van der Waals surface area contributed by atoms with Gasteiger partial charge in [0.25, 0.3) is 0 Å². The summed E-state index contributed by atoms with van der Waals surface area (Å²) in [7, 11) is 0. The van der Waals surface area contributed by atoms with Crippen LogP contribution in [0.2, 0.25) is 0 Å². The van der Waals surface area contributed by atoms with Gasteiger partial charge in [0.2, 0.25) is 0 Å². The number of alkyl carbamates (subject to hydrolysis) is 1. The van der Waals surface area contributed by atoms with Gasteiger partial charge in [0, 0.05) is 6.61 Å². The lowest BCUT2D eigenvalue weighted by Gasteiger charge is -2.24. The smallest absolute Gasteiger partial charge is 0.408 e. The number of amides is 1. The van der Waals surface area contributed by atoms with E-state index in [-0.39, 0.29) is 0 Å². The molecule has 0 bridgehead atoms. The summed E-state index contributed by atoms with van der Waals surface area (Å²) >= 11 is 0. The molecule has 2 atom stereocenters. The molecular weight excluding hydrogens is 226 g/mol. The molecule has 1 rings (SSSR count). The van der Waals surface area contributed by atoms with Gasteiger partial charge < -0.3 is 19.9 Å². The summed E-state index contributed by atoms with van der Waals surface area (Å²) in [5.41, 5.74) is -0.649. The lowest BCUT2D eigenvalue weighted by atomic mass is 10.1. The number of carboxylic acid groups (broad SMARTS) is 1. The third-order valence-corrected chi connectivity index (χ3v) is 2.27. The highest BCUT2D eigenvalue weighted by Crippen LogP contribution is 2.16. The van der Waals surface area contributed by atoms with E-state index in [4.69, 9.17) is 14.6 Å². The Labute approximate surface area is 100 Å². The van der Waals surface area contributed by atoms with Crippen LogP contribution in [0.3, 0.4) is 0 Å². The van der Waals surface area contributed by atoms with Gasteiger partial charge in [-0.15, -0.1) is 0 Å². The quantitative estimate of drug-likeness (QED) is 0.779. The highest BCUT2D eigenvalue weighted by Gasteiger charge is 2.34. The van der Waals surface area contributed by atoms with Crippen LogP contribution < -0.4 is 5.32 Å². The van der Waals surface area contributed by atoms with E-state index >= 15 is 0 Å². The third kappa shape index (κ3) is 4.60. The minimum Gasteiger partial charge on any atom is -0.480 e. The van der Waals surface area contributed by atoms with Crippen molar-refractivity contribution in [2.24, 2.45) is 0 Å². The number of carbonyl (C=O) groups is 2. The van der Waals surface area contributed by atoms with Crippen molar-refractivity contribution in [3.8, 4) is 0 Å². The first-order chi connectivity index (χ1) is 7.79. The van der Waals surface area contributed by atoms with Gasteiger partial charge >= 0.3 is 12.1 Å². The molecule has 2 N–H and O–H groups in total. The van der Waals surface area contributed by atoms with E-state index < -0.39 is 29.8 Å². The van der Waals surface area contributed by atoms with E-state index in [0.29, 0.717) is 13.0 Å². The van der Waals surface area contributed by atoms with Crippen molar-refractivity contribution in [2.45, 2.75) is 51.4 Å². The predicted molar refractivity (Wildman–Crippen MR) is 59.8 cm³/mol. The molecule has 0 radical (unpaired) electrons. The van der Waals surface area contributed by atoms with Gasteiger partial charge in [-0.3, -0.25) is 0 Å². The molecule has 1 saturated heterocycles. The Balaban J connectivity index is 2.55. The van der Waals surface area contributed by atoms with Gasteiger partial charge in [-0.2, -0.15) is 0 Å². The molecule has 0 aliphatic carbocycles. The van der Waals surface area contributed by atoms with E-state index in [1.807, 2.05) is 0 Å². The third-order valence-electron chi connectivity index (χ3n) is 2.27. The van der Waals surface area contributed by atoms with Crippen molar-refractivity contribution in [3.63, 3.8) is 0 Å². The summed E-state index contributed by atoms with van der Waals surface area (Å²) in [6, 6.07) is -1.05. The minimum absolute atomic E-state index is 0.472. The molecule has 1 aliphatic rings. The molecule has 0 saturated carbocycles. The van der Waals surface area contributed by atoms with Crippen LogP contribution >= 0.6 is 0 Å². The Morgan fingerprint density at radius 2 is 2.12 bits per heavy atom. The first-order valence-electron chi connectivity index (χ1n) is 5.63. The second kappa shape index (κ2) is 5.35. The van der Waals surface area contributed by atoms with Gasteiger partial charge in [-0.25, -0.2) is 9.59 Å². The van der Waals surface area contributed by atoms with Crippen LogP contribution in [0, 0.1) is 0 Å². The van der Waals surface area contributed by atoms with Gasteiger partial charge in [0.1, 0.15) is 5.60 Å². The summed E-state index contributed by atoms with van der Waals surface area (Å²) in [5.74, 6) is -1.11. The van der Waals surface area contributed by atoms with Gasteiger partial charge in [0.05, 0.1) is 6.10 Å². The summed E-state index contributed by atoms with van der Waals surface area (Å²) in [5, 5.41) is 11.4. The Bertz CT molecular complexity index is 291. The number of nitrogens with one attached hydrogen (secondary N) is 1. The zero-order chi connectivity index (χ0) is 13.1. The first-order valence-corrected chi connectivity index (χ1v) is 5.63. The average Bonchev–Trinajstić information content (AvgIpc) is 2.63. The zero-order valence-electron chi connectivity index (χ0n) is 10.4. The van der Waals surface area contributed by atoms with E-state index in [1.165, 1.54) is 0 Å². The van der Waals surface area contributed by atoms with Crippen molar-refractivity contribution in [1.29, 1.82) is 0 Å². The largest absolute Gasteiger partial charge is 0.480 e. The van der Waals surface area contributed by atoms with E-state index in [1.54, 1.807) is 20.8 Å². The molecule has 17 heavy (non-hydrogen) atoms. The van der Waals surface area contributed by atoms with Crippen molar-refractivity contribution >= 4 is 12.1 Å². The summed E-state index contributed by atoms with van der Waals surface area (Å²) in [6.07, 6.45) is 0.234. The molecule has 1 heterocycles. The Morgan fingerprint density at radius 3 is 2.53 bits per heavy atom. The van der Waals surface area contributed by atoms with Crippen LogP contribution in [0.15, 0.2) is 0 Å². The molecule has 0 aromatic rings. The fraction of sp³-hybridized carbons (Fsp3) is 0.818. The lowest BCUT2D eigenvalue weighted by molar-refractivity contribution is -0.142. The Morgan fingerprint density at radius 1 is 1.47 bits per heavy atom. The number of rotatable bonds is 3. The number of hydrogen-bond acceptors (Lipinski definition) is 4. The zero-order valence-corrected chi connectivity index (χ0v) is 10.4. The summed E-state index contributed by atoms with van der Waals surface area (Å²) in [6.45, 7) is 5.68. The Hall–Kier alpha value is -1.30. The summed E-state index contributed by atoms with van der Waals surface area (Å²) < 4.78 is 10.3. The van der Waals surface area contributed by atoms with Crippen molar-refractivity contribution in [3.05, 3.63) is 0 Å². The topological polar surface area (TPSA) is 84.9 Å². The fourth-order valence-electron chi connectivity index (χ4n) is 1.61. The molecule has 0 spiro atoms. The highest BCUT2D eigenvalue weighted by molar-refractivity contribution is 5.80. The van der Waals surface area contributed by atoms with Crippen molar-refractivity contribution < 1.29 is 24.2 Å². The van der Waals surface area contributed by atoms with Crippen molar-refractivity contribution in [2.75, 3.05) is 6.61 Å². The van der Waals surface area contributed by atoms with E-state index in [9.17, 15) is 9.59 Å². The van der Waals surface area contributed by atoms with Crippen LogP contribution in [0.5, 0.6) is 0 Å². The maximum Gasteiger partial charge on any atom is 0.408 e. The van der Waals surface area contributed by atoms with Crippen LogP contribution in [0.1, 0.15) is 33.6 Å². The highest BCUT2D eigenvalue weighted by atomic mass is 16.6. The molecule has 0 aromatic carbocycles. The van der Waals surface area contributed by atoms with Crippen LogP contribution in [0.4, 0.5) is 4.79 Å². The molecule has 1 aliphatic heterocycles. The van der Waals surface area contributed by atoms with E-state index in [2.05, 4.69) is 5.32 Å². The molecule has 1 amide bonds. The standard InChI is InChI=1S/C11H19NO5/c1-11(2,3)17-10(15)12-8(9(13)14)7-5-4-6-16-7/h7-8H,4-6H2,1-3H3,(H,12,15)(H,13,14)/t7?,8-/m1/s1. The number of aliphatic carboxylic acids is 1. The van der Waals surface area contributed by atoms with Crippen LogP contribution in [-0.4, -0.2) is 41.5 Å². The molecular formula is C11H19NO5. The number of ether oxygens (including phenoxy) is 2. The van der Waals surface area contributed by atoms with Gasteiger partial charge in [-0.1, -0.05) is 0 Å². The molecule has 98 valence electrons.